The molecule has 0 saturated carbocycles. The highest BCUT2D eigenvalue weighted by molar-refractivity contribution is 4.95. The lowest BCUT2D eigenvalue weighted by molar-refractivity contribution is -0.0736. The van der Waals surface area contributed by atoms with Gasteiger partial charge in [-0.15, -0.1) is 4.91 Å². The zero-order chi connectivity index (χ0) is 10.6. The maximum absolute atomic E-state index is 10.6. The lowest BCUT2D eigenvalue weighted by atomic mass is 9.87. The first-order chi connectivity index (χ1) is 6.74. The molecule has 0 aromatic carbocycles. The molecular formula is C10H20N2O2. The molecule has 4 nitrogen and oxygen atoms in total. The molecule has 1 heterocycles. The Labute approximate surface area is 85.6 Å². The molecular weight excluding hydrogens is 180 g/mol. The molecule has 1 saturated heterocycles. The van der Waals surface area contributed by atoms with Crippen molar-refractivity contribution >= 4 is 0 Å². The molecule has 1 atom stereocenters. The van der Waals surface area contributed by atoms with E-state index < -0.39 is 0 Å². The van der Waals surface area contributed by atoms with Gasteiger partial charge in [0.2, 0.25) is 0 Å². The molecule has 82 valence electrons. The second-order valence-electron chi connectivity index (χ2n) is 3.88. The first-order valence-electron chi connectivity index (χ1n) is 5.39. The van der Waals surface area contributed by atoms with Crippen LogP contribution in [-0.4, -0.2) is 30.3 Å². The number of nitrogens with zero attached hydrogens (tertiary/aromatic N) is 2. The second kappa shape index (κ2) is 4.73. The molecule has 0 aromatic rings. The molecule has 1 aliphatic rings. The van der Waals surface area contributed by atoms with Crippen molar-refractivity contribution in [3.05, 3.63) is 4.91 Å². The number of rotatable bonds is 5. The summed E-state index contributed by atoms with van der Waals surface area (Å²) in [5.74, 6) is 0. The smallest absolute Gasteiger partial charge is 0.0893 e. The molecule has 1 aliphatic heterocycles. The van der Waals surface area contributed by atoms with E-state index in [1.54, 1.807) is 12.1 Å². The Morgan fingerprint density at radius 3 is 2.57 bits per heavy atom. The summed E-state index contributed by atoms with van der Waals surface area (Å²) in [7, 11) is 1.73. The van der Waals surface area contributed by atoms with Gasteiger partial charge in [-0.05, 0) is 25.7 Å². The topological polar surface area (TPSA) is 41.9 Å². The Kier molecular flexibility index (Phi) is 3.86. The minimum absolute atomic E-state index is 0.167. The van der Waals surface area contributed by atoms with Crippen LogP contribution in [0.5, 0.6) is 0 Å². The third kappa shape index (κ3) is 1.75. The molecule has 0 radical (unpaired) electrons. The minimum Gasteiger partial charge on any atom is -0.376 e. The van der Waals surface area contributed by atoms with Crippen molar-refractivity contribution in [1.82, 2.24) is 5.01 Å². The van der Waals surface area contributed by atoms with Crippen molar-refractivity contribution in [3.63, 3.8) is 0 Å². The van der Waals surface area contributed by atoms with Gasteiger partial charge in [-0.1, -0.05) is 13.8 Å². The standard InChI is InChI=1S/C10H20N2O2/c1-4-10(5-2,14-3)9-7-6-8-12(9)11-13/h9H,4-8H2,1-3H3/t9-/m0/s1. The predicted octanol–water partition coefficient (Wildman–Crippen LogP) is 2.34. The minimum atomic E-state index is -0.190. The Hall–Kier alpha value is -0.640. The van der Waals surface area contributed by atoms with Gasteiger partial charge in [0.15, 0.2) is 0 Å². The summed E-state index contributed by atoms with van der Waals surface area (Å²) in [5.41, 5.74) is -0.190. The van der Waals surface area contributed by atoms with E-state index >= 15 is 0 Å². The molecule has 0 aromatic heterocycles. The van der Waals surface area contributed by atoms with Crippen LogP contribution in [0.1, 0.15) is 39.5 Å². The van der Waals surface area contributed by atoms with Crippen molar-refractivity contribution in [3.8, 4) is 0 Å². The molecule has 0 N–H and O–H groups in total. The van der Waals surface area contributed by atoms with Gasteiger partial charge in [0.25, 0.3) is 0 Å². The molecule has 0 bridgehead atoms. The summed E-state index contributed by atoms with van der Waals surface area (Å²) in [5, 5.41) is 4.73. The van der Waals surface area contributed by atoms with E-state index in [0.717, 1.165) is 32.2 Å². The monoisotopic (exact) mass is 200 g/mol. The van der Waals surface area contributed by atoms with Crippen LogP contribution in [-0.2, 0) is 4.74 Å². The van der Waals surface area contributed by atoms with Gasteiger partial charge >= 0.3 is 0 Å². The summed E-state index contributed by atoms with van der Waals surface area (Å²) in [6.45, 7) is 4.99. The van der Waals surface area contributed by atoms with Crippen LogP contribution in [0.4, 0.5) is 0 Å². The number of hydrogen-bond acceptors (Lipinski definition) is 3. The zero-order valence-corrected chi connectivity index (χ0v) is 9.32. The maximum Gasteiger partial charge on any atom is 0.0893 e. The molecule has 14 heavy (non-hydrogen) atoms. The first-order valence-corrected chi connectivity index (χ1v) is 5.39. The highest BCUT2D eigenvalue weighted by Gasteiger charge is 2.42. The number of nitroso groups, excluding NO2 is 1. The Morgan fingerprint density at radius 1 is 1.50 bits per heavy atom. The Morgan fingerprint density at radius 2 is 2.14 bits per heavy atom. The van der Waals surface area contributed by atoms with Crippen LogP contribution in [0.2, 0.25) is 0 Å². The van der Waals surface area contributed by atoms with E-state index in [2.05, 4.69) is 19.1 Å². The lowest BCUT2D eigenvalue weighted by Crippen LogP contribution is -2.48. The fourth-order valence-electron chi connectivity index (χ4n) is 2.53. The van der Waals surface area contributed by atoms with E-state index in [1.165, 1.54) is 0 Å². The Balaban J connectivity index is 2.81. The number of methoxy groups -OCH3 is 1. The summed E-state index contributed by atoms with van der Waals surface area (Å²) in [4.78, 5) is 10.6. The summed E-state index contributed by atoms with van der Waals surface area (Å²) >= 11 is 0. The van der Waals surface area contributed by atoms with Gasteiger partial charge < -0.3 is 4.74 Å². The summed E-state index contributed by atoms with van der Waals surface area (Å²) in [6.07, 6.45) is 3.91. The van der Waals surface area contributed by atoms with Gasteiger partial charge in [-0.3, -0.25) is 5.01 Å². The molecule has 1 fully saturated rings. The third-order valence-electron chi connectivity index (χ3n) is 3.54. The second-order valence-corrected chi connectivity index (χ2v) is 3.88. The van der Waals surface area contributed by atoms with Crippen LogP contribution < -0.4 is 0 Å². The van der Waals surface area contributed by atoms with E-state index in [1.807, 2.05) is 0 Å². The maximum atomic E-state index is 10.6. The zero-order valence-electron chi connectivity index (χ0n) is 9.32. The quantitative estimate of drug-likeness (QED) is 0.640. The molecule has 1 rings (SSSR count). The van der Waals surface area contributed by atoms with Crippen LogP contribution in [0, 0.1) is 4.91 Å². The van der Waals surface area contributed by atoms with E-state index in [4.69, 9.17) is 4.74 Å². The number of hydrogen-bond donors (Lipinski definition) is 0. The summed E-state index contributed by atoms with van der Waals surface area (Å²) in [6, 6.07) is 0.167. The molecule has 0 spiro atoms. The molecule has 0 unspecified atom stereocenters. The van der Waals surface area contributed by atoms with Gasteiger partial charge in [0.1, 0.15) is 0 Å². The van der Waals surface area contributed by atoms with E-state index in [0.29, 0.717) is 0 Å². The van der Waals surface area contributed by atoms with Crippen LogP contribution in [0.15, 0.2) is 5.29 Å². The van der Waals surface area contributed by atoms with Gasteiger partial charge in [0.05, 0.1) is 16.9 Å². The predicted molar refractivity (Wildman–Crippen MR) is 55.8 cm³/mol. The molecule has 4 heteroatoms. The van der Waals surface area contributed by atoms with Crippen molar-refractivity contribution in [1.29, 1.82) is 0 Å². The summed E-state index contributed by atoms with van der Waals surface area (Å²) < 4.78 is 5.61. The van der Waals surface area contributed by atoms with Gasteiger partial charge in [0, 0.05) is 13.7 Å². The van der Waals surface area contributed by atoms with Crippen molar-refractivity contribution < 1.29 is 4.74 Å². The van der Waals surface area contributed by atoms with Crippen molar-refractivity contribution in [2.45, 2.75) is 51.2 Å². The molecule has 0 amide bonds. The third-order valence-corrected chi connectivity index (χ3v) is 3.54. The van der Waals surface area contributed by atoms with Gasteiger partial charge in [-0.25, -0.2) is 0 Å². The van der Waals surface area contributed by atoms with E-state index in [9.17, 15) is 4.91 Å². The first kappa shape index (κ1) is 11.4. The lowest BCUT2D eigenvalue weighted by Gasteiger charge is -2.38. The van der Waals surface area contributed by atoms with E-state index in [-0.39, 0.29) is 11.6 Å². The van der Waals surface area contributed by atoms with Crippen molar-refractivity contribution in [2.24, 2.45) is 5.29 Å². The average Bonchev–Trinajstić information content (AvgIpc) is 2.70. The fourth-order valence-corrected chi connectivity index (χ4v) is 2.53. The fraction of sp³-hybridized carbons (Fsp3) is 1.00. The largest absolute Gasteiger partial charge is 0.376 e. The highest BCUT2D eigenvalue weighted by Crippen LogP contribution is 2.34. The SMILES string of the molecule is CCC(CC)(OC)[C@@H]1CCCN1N=O. The van der Waals surface area contributed by atoms with Crippen molar-refractivity contribution in [2.75, 3.05) is 13.7 Å². The average molecular weight is 200 g/mol. The van der Waals surface area contributed by atoms with Crippen LogP contribution in [0.3, 0.4) is 0 Å². The molecule has 0 aliphatic carbocycles. The number of ether oxygens (including phenoxy) is 1. The van der Waals surface area contributed by atoms with Gasteiger partial charge in [-0.2, -0.15) is 0 Å². The van der Waals surface area contributed by atoms with Crippen LogP contribution >= 0.6 is 0 Å². The highest BCUT2D eigenvalue weighted by atomic mass is 16.5. The Bertz CT molecular complexity index is 184. The van der Waals surface area contributed by atoms with Crippen LogP contribution in [0.25, 0.3) is 0 Å². The normalized spacial score (nSPS) is 22.8.